The van der Waals surface area contributed by atoms with Crippen LogP contribution in [0.1, 0.15) is 50.9 Å². The molecular formula is C15H23NO. The third-order valence-electron chi connectivity index (χ3n) is 2.96. The second-order valence-corrected chi connectivity index (χ2v) is 5.55. The zero-order valence-electron chi connectivity index (χ0n) is 11.3. The molecule has 0 fully saturated rings. The second kappa shape index (κ2) is 5.85. The lowest BCUT2D eigenvalue weighted by Crippen LogP contribution is -2.43. The van der Waals surface area contributed by atoms with E-state index in [1.54, 1.807) is 0 Å². The first-order valence-corrected chi connectivity index (χ1v) is 6.31. The van der Waals surface area contributed by atoms with Gasteiger partial charge in [-0.05, 0) is 24.0 Å². The number of rotatable bonds is 4. The molecule has 0 aliphatic rings. The first-order valence-electron chi connectivity index (χ1n) is 6.31. The van der Waals surface area contributed by atoms with Crippen LogP contribution < -0.4 is 5.32 Å². The summed E-state index contributed by atoms with van der Waals surface area (Å²) in [5.74, 6) is 0.0268. The van der Waals surface area contributed by atoms with E-state index in [1.807, 2.05) is 30.3 Å². The van der Waals surface area contributed by atoms with Crippen molar-refractivity contribution in [3.63, 3.8) is 0 Å². The molecule has 1 aromatic rings. The number of nitrogens with one attached hydrogen (secondary N) is 1. The Balaban J connectivity index is 2.71. The molecule has 1 unspecified atom stereocenters. The van der Waals surface area contributed by atoms with Crippen LogP contribution in [0, 0.1) is 5.41 Å². The molecule has 0 spiro atoms. The summed E-state index contributed by atoms with van der Waals surface area (Å²) in [6, 6.07) is 9.62. The summed E-state index contributed by atoms with van der Waals surface area (Å²) in [5, 5.41) is 3.14. The molecule has 2 heteroatoms. The number of hydrogen-bond acceptors (Lipinski definition) is 1. The van der Waals surface area contributed by atoms with Gasteiger partial charge in [0.25, 0.3) is 5.91 Å². The Morgan fingerprint density at radius 1 is 1.24 bits per heavy atom. The molecule has 1 rings (SSSR count). The Morgan fingerprint density at radius 2 is 1.82 bits per heavy atom. The van der Waals surface area contributed by atoms with Crippen LogP contribution in [0.2, 0.25) is 0 Å². The molecule has 1 amide bonds. The monoisotopic (exact) mass is 233 g/mol. The van der Waals surface area contributed by atoms with Gasteiger partial charge in [-0.15, -0.1) is 0 Å². The second-order valence-electron chi connectivity index (χ2n) is 5.55. The maximum Gasteiger partial charge on any atom is 0.251 e. The number of amides is 1. The van der Waals surface area contributed by atoms with Crippen LogP contribution in [0.25, 0.3) is 0 Å². The van der Waals surface area contributed by atoms with Crippen LogP contribution in [0.4, 0.5) is 0 Å². The molecule has 94 valence electrons. The van der Waals surface area contributed by atoms with Gasteiger partial charge in [0.15, 0.2) is 0 Å². The molecule has 0 aliphatic carbocycles. The van der Waals surface area contributed by atoms with Crippen molar-refractivity contribution in [2.75, 3.05) is 0 Å². The first kappa shape index (κ1) is 13.8. The van der Waals surface area contributed by atoms with Crippen molar-refractivity contribution >= 4 is 5.91 Å². The average molecular weight is 233 g/mol. The van der Waals surface area contributed by atoms with E-state index in [4.69, 9.17) is 0 Å². The molecule has 1 aromatic carbocycles. The number of carbonyl (C=O) groups is 1. The Morgan fingerprint density at radius 3 is 2.29 bits per heavy atom. The summed E-state index contributed by atoms with van der Waals surface area (Å²) in [4.78, 5) is 12.1. The normalized spacial score (nSPS) is 13.2. The smallest absolute Gasteiger partial charge is 0.251 e. The largest absolute Gasteiger partial charge is 0.349 e. The van der Waals surface area contributed by atoms with E-state index in [1.165, 1.54) is 0 Å². The van der Waals surface area contributed by atoms with Crippen LogP contribution in [-0.4, -0.2) is 11.9 Å². The van der Waals surface area contributed by atoms with Gasteiger partial charge >= 0.3 is 0 Å². The summed E-state index contributed by atoms with van der Waals surface area (Å²) in [5.41, 5.74) is 0.832. The van der Waals surface area contributed by atoms with Gasteiger partial charge in [0.1, 0.15) is 0 Å². The fourth-order valence-corrected chi connectivity index (χ4v) is 1.84. The molecular weight excluding hydrogens is 210 g/mol. The van der Waals surface area contributed by atoms with Crippen molar-refractivity contribution in [2.45, 2.75) is 46.6 Å². The lowest BCUT2D eigenvalue weighted by atomic mass is 9.84. The summed E-state index contributed by atoms with van der Waals surface area (Å²) < 4.78 is 0. The first-order chi connectivity index (χ1) is 7.95. The van der Waals surface area contributed by atoms with Crippen LogP contribution in [0.3, 0.4) is 0 Å². The van der Waals surface area contributed by atoms with Crippen LogP contribution in [-0.2, 0) is 0 Å². The predicted molar refractivity (Wildman–Crippen MR) is 72.1 cm³/mol. The molecule has 0 heterocycles. The molecule has 0 saturated carbocycles. The quantitative estimate of drug-likeness (QED) is 0.845. The van der Waals surface area contributed by atoms with E-state index >= 15 is 0 Å². The summed E-state index contributed by atoms with van der Waals surface area (Å²) >= 11 is 0. The minimum atomic E-state index is 0.0268. The Bertz CT molecular complexity index is 351. The maximum absolute atomic E-state index is 12.1. The lowest BCUT2D eigenvalue weighted by Gasteiger charge is -2.31. The van der Waals surface area contributed by atoms with Gasteiger partial charge in [-0.3, -0.25) is 4.79 Å². The highest BCUT2D eigenvalue weighted by atomic mass is 16.1. The summed E-state index contributed by atoms with van der Waals surface area (Å²) in [7, 11) is 0. The molecule has 0 saturated heterocycles. The van der Waals surface area contributed by atoms with E-state index in [9.17, 15) is 4.79 Å². The number of benzene rings is 1. The minimum Gasteiger partial charge on any atom is -0.349 e. The van der Waals surface area contributed by atoms with Gasteiger partial charge in [0, 0.05) is 11.6 Å². The Kier molecular flexibility index (Phi) is 4.73. The standard InChI is InChI=1S/C15H23NO/c1-5-9-13(15(2,3)4)16-14(17)12-10-7-6-8-11-12/h6-8,10-11,13H,5,9H2,1-4H3,(H,16,17). The van der Waals surface area contributed by atoms with Gasteiger partial charge in [0.05, 0.1) is 0 Å². The summed E-state index contributed by atoms with van der Waals surface area (Å²) in [6.45, 7) is 8.64. The highest BCUT2D eigenvalue weighted by Gasteiger charge is 2.25. The number of hydrogen-bond donors (Lipinski definition) is 1. The van der Waals surface area contributed by atoms with Gasteiger partial charge in [-0.25, -0.2) is 0 Å². The van der Waals surface area contributed by atoms with Crippen molar-refractivity contribution in [3.8, 4) is 0 Å². The molecule has 0 radical (unpaired) electrons. The van der Waals surface area contributed by atoms with Gasteiger partial charge in [-0.2, -0.15) is 0 Å². The molecule has 1 N–H and O–H groups in total. The highest BCUT2D eigenvalue weighted by molar-refractivity contribution is 5.94. The van der Waals surface area contributed by atoms with E-state index in [-0.39, 0.29) is 17.4 Å². The van der Waals surface area contributed by atoms with Crippen LogP contribution in [0.5, 0.6) is 0 Å². The van der Waals surface area contributed by atoms with Crippen molar-refractivity contribution in [1.29, 1.82) is 0 Å². The van der Waals surface area contributed by atoms with Gasteiger partial charge < -0.3 is 5.32 Å². The summed E-state index contributed by atoms with van der Waals surface area (Å²) in [6.07, 6.45) is 2.10. The van der Waals surface area contributed by atoms with Crippen molar-refractivity contribution in [3.05, 3.63) is 35.9 Å². The molecule has 17 heavy (non-hydrogen) atoms. The fraction of sp³-hybridized carbons (Fsp3) is 0.533. The van der Waals surface area contributed by atoms with E-state index in [0.717, 1.165) is 18.4 Å². The van der Waals surface area contributed by atoms with Crippen molar-refractivity contribution in [1.82, 2.24) is 5.32 Å². The van der Waals surface area contributed by atoms with Crippen molar-refractivity contribution in [2.24, 2.45) is 5.41 Å². The Hall–Kier alpha value is -1.31. The molecule has 1 atom stereocenters. The number of carbonyl (C=O) groups excluding carboxylic acids is 1. The predicted octanol–water partition coefficient (Wildman–Crippen LogP) is 3.63. The topological polar surface area (TPSA) is 29.1 Å². The van der Waals surface area contributed by atoms with Gasteiger partial charge in [0.2, 0.25) is 0 Å². The van der Waals surface area contributed by atoms with Crippen LogP contribution in [0.15, 0.2) is 30.3 Å². The maximum atomic E-state index is 12.1. The van der Waals surface area contributed by atoms with E-state index in [2.05, 4.69) is 33.0 Å². The highest BCUT2D eigenvalue weighted by Crippen LogP contribution is 2.23. The lowest BCUT2D eigenvalue weighted by molar-refractivity contribution is 0.0897. The molecule has 0 aromatic heterocycles. The third-order valence-corrected chi connectivity index (χ3v) is 2.96. The Labute approximate surface area is 104 Å². The molecule has 0 bridgehead atoms. The molecule has 2 nitrogen and oxygen atoms in total. The SMILES string of the molecule is CCCC(NC(=O)c1ccccc1)C(C)(C)C. The molecule has 0 aliphatic heterocycles. The zero-order chi connectivity index (χ0) is 12.9. The average Bonchev–Trinajstić information content (AvgIpc) is 2.28. The third kappa shape index (κ3) is 4.22. The minimum absolute atomic E-state index is 0.0268. The van der Waals surface area contributed by atoms with Crippen molar-refractivity contribution < 1.29 is 4.79 Å². The fourth-order valence-electron chi connectivity index (χ4n) is 1.84. The van der Waals surface area contributed by atoms with Gasteiger partial charge in [-0.1, -0.05) is 52.3 Å². The van der Waals surface area contributed by atoms with E-state index in [0.29, 0.717) is 0 Å². The van der Waals surface area contributed by atoms with Crippen LogP contribution >= 0.6 is 0 Å². The zero-order valence-corrected chi connectivity index (χ0v) is 11.3. The van der Waals surface area contributed by atoms with E-state index < -0.39 is 0 Å².